The van der Waals surface area contributed by atoms with Gasteiger partial charge >= 0.3 is 5.97 Å². The van der Waals surface area contributed by atoms with Gasteiger partial charge in [0.1, 0.15) is 11.8 Å². The summed E-state index contributed by atoms with van der Waals surface area (Å²) in [5.74, 6) is -0.564. The lowest BCUT2D eigenvalue weighted by atomic mass is 10.0. The van der Waals surface area contributed by atoms with Crippen molar-refractivity contribution in [3.63, 3.8) is 0 Å². The van der Waals surface area contributed by atoms with Gasteiger partial charge in [0.15, 0.2) is 0 Å². The van der Waals surface area contributed by atoms with E-state index in [9.17, 15) is 14.4 Å². The first-order chi connectivity index (χ1) is 14.8. The van der Waals surface area contributed by atoms with Crippen LogP contribution in [0.25, 0.3) is 0 Å². The van der Waals surface area contributed by atoms with Crippen LogP contribution < -0.4 is 16.8 Å². The highest BCUT2D eigenvalue weighted by Gasteiger charge is 2.23. The average Bonchev–Trinajstić information content (AvgIpc) is 2.75. The van der Waals surface area contributed by atoms with Crippen molar-refractivity contribution in [2.45, 2.75) is 128 Å². The summed E-state index contributed by atoms with van der Waals surface area (Å²) in [6, 6.07) is -1.59. The van der Waals surface area contributed by atoms with Gasteiger partial charge in [0.05, 0.1) is 19.2 Å². The number of rotatable bonds is 20. The average molecular weight is 442 g/mol. The van der Waals surface area contributed by atoms with Gasteiger partial charge in [0, 0.05) is 6.42 Å². The molecule has 0 aromatic carbocycles. The minimum atomic E-state index is -0.617. The number of nitrogens with two attached hydrogens (primary N) is 2. The predicted molar refractivity (Wildman–Crippen MR) is 126 cm³/mol. The number of esters is 1. The van der Waals surface area contributed by atoms with Crippen LogP contribution in [0.5, 0.6) is 0 Å². The molecule has 0 radical (unpaired) electrons. The van der Waals surface area contributed by atoms with Gasteiger partial charge in [-0.15, -0.1) is 0 Å². The van der Waals surface area contributed by atoms with E-state index in [0.717, 1.165) is 57.8 Å². The molecule has 182 valence electrons. The van der Waals surface area contributed by atoms with Crippen LogP contribution >= 0.6 is 0 Å². The molecule has 0 bridgehead atoms. The van der Waals surface area contributed by atoms with E-state index < -0.39 is 18.1 Å². The number of carbonyl (C=O) groups is 3. The third kappa shape index (κ3) is 15.9. The number of unbranched alkanes of at least 4 members (excludes halogenated alkanes) is 10. The fourth-order valence-electron chi connectivity index (χ4n) is 3.53. The fraction of sp³-hybridized carbons (Fsp3) is 0.875. The molecule has 0 aliphatic heterocycles. The number of Topliss-reactive ketones (excluding diaryl/α,β-unsaturated/α-hetero) is 1. The first kappa shape index (κ1) is 29.5. The maximum atomic E-state index is 12.4. The van der Waals surface area contributed by atoms with Gasteiger partial charge in [0.2, 0.25) is 5.91 Å². The standard InChI is InChI=1S/C24H47N3O4/c1-4-5-6-7-11-14-17-21(24(30)31-3)27-23(29)20(26)16-13-10-8-9-12-15-18-22(28)19(2)25/h19-21H,4-18,25-26H2,1-3H3,(H,27,29)/t19-,20?,21?/m0/s1. The highest BCUT2D eigenvalue weighted by atomic mass is 16.5. The number of hydrogen-bond acceptors (Lipinski definition) is 6. The molecule has 0 spiro atoms. The van der Waals surface area contributed by atoms with Crippen LogP contribution in [-0.4, -0.2) is 42.9 Å². The molecule has 2 unspecified atom stereocenters. The zero-order valence-corrected chi connectivity index (χ0v) is 20.1. The summed E-state index contributed by atoms with van der Waals surface area (Å²) in [4.78, 5) is 35.8. The summed E-state index contributed by atoms with van der Waals surface area (Å²) < 4.78 is 4.84. The normalized spacial score (nSPS) is 14.0. The number of nitrogens with one attached hydrogen (secondary N) is 1. The first-order valence-corrected chi connectivity index (χ1v) is 12.3. The lowest BCUT2D eigenvalue weighted by Gasteiger charge is -2.19. The summed E-state index contributed by atoms with van der Waals surface area (Å²) in [6.45, 7) is 3.91. The number of carbonyl (C=O) groups excluding carboxylic acids is 3. The van der Waals surface area contributed by atoms with Gasteiger partial charge in [-0.2, -0.15) is 0 Å². The molecule has 0 saturated carbocycles. The van der Waals surface area contributed by atoms with Crippen molar-refractivity contribution in [2.75, 3.05) is 7.11 Å². The molecule has 7 nitrogen and oxygen atoms in total. The Morgan fingerprint density at radius 1 is 0.806 bits per heavy atom. The minimum Gasteiger partial charge on any atom is -0.467 e. The van der Waals surface area contributed by atoms with E-state index >= 15 is 0 Å². The Labute approximate surface area is 189 Å². The van der Waals surface area contributed by atoms with E-state index in [1.165, 1.54) is 26.4 Å². The van der Waals surface area contributed by atoms with Gasteiger partial charge in [-0.1, -0.05) is 77.6 Å². The van der Waals surface area contributed by atoms with Gasteiger partial charge < -0.3 is 21.5 Å². The molecule has 0 aromatic heterocycles. The Morgan fingerprint density at radius 3 is 1.87 bits per heavy atom. The minimum absolute atomic E-state index is 0.124. The largest absolute Gasteiger partial charge is 0.467 e. The van der Waals surface area contributed by atoms with E-state index in [1.54, 1.807) is 6.92 Å². The molecular weight excluding hydrogens is 394 g/mol. The molecule has 0 aliphatic rings. The van der Waals surface area contributed by atoms with E-state index in [4.69, 9.17) is 16.2 Å². The molecule has 31 heavy (non-hydrogen) atoms. The summed E-state index contributed by atoms with van der Waals surface area (Å²) in [7, 11) is 1.34. The lowest BCUT2D eigenvalue weighted by Crippen LogP contribution is -2.48. The molecule has 0 rings (SSSR count). The number of ether oxygens (including phenoxy) is 1. The van der Waals surface area contributed by atoms with Crippen LogP contribution in [0.2, 0.25) is 0 Å². The highest BCUT2D eigenvalue weighted by Crippen LogP contribution is 2.12. The Balaban J connectivity index is 4.00. The number of methoxy groups -OCH3 is 1. The van der Waals surface area contributed by atoms with Crippen LogP contribution in [0, 0.1) is 0 Å². The van der Waals surface area contributed by atoms with Crippen molar-refractivity contribution in [2.24, 2.45) is 11.5 Å². The van der Waals surface area contributed by atoms with Crippen molar-refractivity contribution in [1.29, 1.82) is 0 Å². The third-order valence-electron chi connectivity index (χ3n) is 5.68. The molecule has 0 fully saturated rings. The highest BCUT2D eigenvalue weighted by molar-refractivity contribution is 5.87. The first-order valence-electron chi connectivity index (χ1n) is 12.3. The van der Waals surface area contributed by atoms with Crippen molar-refractivity contribution >= 4 is 17.7 Å². The lowest BCUT2D eigenvalue weighted by molar-refractivity contribution is -0.145. The maximum absolute atomic E-state index is 12.4. The predicted octanol–water partition coefficient (Wildman–Crippen LogP) is 3.76. The number of ketones is 1. The van der Waals surface area contributed by atoms with Gasteiger partial charge in [-0.3, -0.25) is 9.59 Å². The molecular formula is C24H47N3O4. The van der Waals surface area contributed by atoms with Crippen LogP contribution in [0.4, 0.5) is 0 Å². The smallest absolute Gasteiger partial charge is 0.328 e. The van der Waals surface area contributed by atoms with Crippen LogP contribution in [-0.2, 0) is 19.1 Å². The SMILES string of the molecule is CCCCCCCCC(NC(=O)C(N)CCCCCCCCC(=O)[C@H](C)N)C(=O)OC. The molecule has 0 heterocycles. The van der Waals surface area contributed by atoms with Crippen LogP contribution in [0.15, 0.2) is 0 Å². The molecule has 1 amide bonds. The quantitative estimate of drug-likeness (QED) is 0.195. The monoisotopic (exact) mass is 441 g/mol. The van der Waals surface area contributed by atoms with Crippen molar-refractivity contribution in [1.82, 2.24) is 5.32 Å². The Bertz CT molecular complexity index is 497. The summed E-state index contributed by atoms with van der Waals surface area (Å²) in [5.41, 5.74) is 11.6. The second-order valence-corrected chi connectivity index (χ2v) is 8.66. The number of amides is 1. The summed E-state index contributed by atoms with van der Waals surface area (Å²) in [6.07, 6.45) is 14.4. The third-order valence-corrected chi connectivity index (χ3v) is 5.68. The molecule has 0 saturated heterocycles. The number of hydrogen-bond donors (Lipinski definition) is 3. The van der Waals surface area contributed by atoms with E-state index in [1.807, 2.05) is 0 Å². The van der Waals surface area contributed by atoms with E-state index in [2.05, 4.69) is 12.2 Å². The van der Waals surface area contributed by atoms with Crippen molar-refractivity contribution < 1.29 is 19.1 Å². The zero-order chi connectivity index (χ0) is 23.5. The van der Waals surface area contributed by atoms with Gasteiger partial charge in [-0.25, -0.2) is 4.79 Å². The van der Waals surface area contributed by atoms with Crippen LogP contribution in [0.1, 0.15) is 110 Å². The second-order valence-electron chi connectivity index (χ2n) is 8.66. The topological polar surface area (TPSA) is 125 Å². The second kappa shape index (κ2) is 19.2. The van der Waals surface area contributed by atoms with Crippen LogP contribution in [0.3, 0.4) is 0 Å². The Kier molecular flexibility index (Phi) is 18.3. The molecule has 5 N–H and O–H groups in total. The van der Waals surface area contributed by atoms with Crippen molar-refractivity contribution in [3.8, 4) is 0 Å². The zero-order valence-electron chi connectivity index (χ0n) is 20.1. The van der Waals surface area contributed by atoms with Gasteiger partial charge in [0.25, 0.3) is 0 Å². The molecule has 0 aliphatic carbocycles. The molecule has 3 atom stereocenters. The Hall–Kier alpha value is -1.47. The van der Waals surface area contributed by atoms with E-state index in [-0.39, 0.29) is 17.7 Å². The maximum Gasteiger partial charge on any atom is 0.328 e. The van der Waals surface area contributed by atoms with Crippen molar-refractivity contribution in [3.05, 3.63) is 0 Å². The Morgan fingerprint density at radius 2 is 1.32 bits per heavy atom. The summed E-state index contributed by atoms with van der Waals surface area (Å²) >= 11 is 0. The molecule has 0 aromatic rings. The van der Waals surface area contributed by atoms with E-state index in [0.29, 0.717) is 19.3 Å². The fourth-order valence-corrected chi connectivity index (χ4v) is 3.53. The summed E-state index contributed by atoms with van der Waals surface area (Å²) in [5, 5.41) is 2.78. The van der Waals surface area contributed by atoms with Gasteiger partial charge in [-0.05, 0) is 26.2 Å². The molecule has 7 heteroatoms.